The normalized spacial score (nSPS) is 20.3. The molecule has 1 saturated heterocycles. The van der Waals surface area contributed by atoms with Gasteiger partial charge < -0.3 is 20.8 Å². The van der Waals surface area contributed by atoms with Crippen molar-refractivity contribution in [1.29, 1.82) is 0 Å². The summed E-state index contributed by atoms with van der Waals surface area (Å²) in [4.78, 5) is 13.0. The van der Waals surface area contributed by atoms with Crippen LogP contribution in [0.1, 0.15) is 95.6 Å². The van der Waals surface area contributed by atoms with Crippen LogP contribution in [-0.4, -0.2) is 56.0 Å². The van der Waals surface area contributed by atoms with Crippen molar-refractivity contribution in [2.24, 2.45) is 5.92 Å². The maximum atomic E-state index is 12.9. The molecule has 8 heteroatoms. The molecule has 0 spiro atoms. The standard InChI is InChI=1S/C27H46N2O5S/c1-3-4-5-6-7-8-9-10-11-12-21-17-18-28-24(19-21)27(32)29-25(20-30)26(31)22-13-15-23(16-14-22)35(2,33)34/h13-16,21,24-26,28,30-31H,3-12,17-20H2,1-2H3,(H,29,32)/t21-,24+,25+,26+/m1/s1. The van der Waals surface area contributed by atoms with Crippen LogP contribution >= 0.6 is 0 Å². The quantitative estimate of drug-likeness (QED) is 0.251. The van der Waals surface area contributed by atoms with Crippen molar-refractivity contribution in [2.75, 3.05) is 19.4 Å². The van der Waals surface area contributed by atoms with Crippen molar-refractivity contribution in [3.8, 4) is 0 Å². The van der Waals surface area contributed by atoms with E-state index in [9.17, 15) is 23.4 Å². The predicted molar refractivity (Wildman–Crippen MR) is 140 cm³/mol. The molecule has 1 aromatic rings. The van der Waals surface area contributed by atoms with Crippen LogP contribution in [0, 0.1) is 5.92 Å². The lowest BCUT2D eigenvalue weighted by molar-refractivity contribution is -0.126. The van der Waals surface area contributed by atoms with E-state index < -0.39 is 28.6 Å². The fraction of sp³-hybridized carbons (Fsp3) is 0.741. The van der Waals surface area contributed by atoms with Crippen molar-refractivity contribution < 1.29 is 23.4 Å². The van der Waals surface area contributed by atoms with Gasteiger partial charge in [-0.05, 0) is 43.0 Å². The minimum Gasteiger partial charge on any atom is -0.394 e. The summed E-state index contributed by atoms with van der Waals surface area (Å²) >= 11 is 0. The van der Waals surface area contributed by atoms with Crippen LogP contribution in [0.15, 0.2) is 29.2 Å². The van der Waals surface area contributed by atoms with Crippen molar-refractivity contribution in [3.05, 3.63) is 29.8 Å². The largest absolute Gasteiger partial charge is 0.394 e. The summed E-state index contributed by atoms with van der Waals surface area (Å²) in [7, 11) is -3.34. The number of rotatable bonds is 16. The first kappa shape index (κ1) is 29.7. The van der Waals surface area contributed by atoms with Crippen molar-refractivity contribution in [1.82, 2.24) is 10.6 Å². The van der Waals surface area contributed by atoms with Gasteiger partial charge in [0.15, 0.2) is 9.84 Å². The molecular weight excluding hydrogens is 464 g/mol. The highest BCUT2D eigenvalue weighted by molar-refractivity contribution is 7.90. The Morgan fingerprint density at radius 1 is 1.06 bits per heavy atom. The minimum absolute atomic E-state index is 0.155. The van der Waals surface area contributed by atoms with Gasteiger partial charge in [0.05, 0.1) is 23.6 Å². The molecule has 35 heavy (non-hydrogen) atoms. The fourth-order valence-electron chi connectivity index (χ4n) is 4.85. The van der Waals surface area contributed by atoms with E-state index in [2.05, 4.69) is 17.6 Å². The van der Waals surface area contributed by atoms with E-state index in [0.717, 1.165) is 32.1 Å². The topological polar surface area (TPSA) is 116 Å². The minimum atomic E-state index is -3.34. The fourth-order valence-corrected chi connectivity index (χ4v) is 5.48. The molecular formula is C27H46N2O5S. The average molecular weight is 511 g/mol. The number of nitrogens with one attached hydrogen (secondary N) is 2. The summed E-state index contributed by atoms with van der Waals surface area (Å²) in [5.74, 6) is 0.297. The van der Waals surface area contributed by atoms with E-state index in [0.29, 0.717) is 11.5 Å². The summed E-state index contributed by atoms with van der Waals surface area (Å²) in [6.07, 6.45) is 14.7. The van der Waals surface area contributed by atoms with Crippen LogP contribution in [0.3, 0.4) is 0 Å². The number of sulfone groups is 1. The van der Waals surface area contributed by atoms with Crippen LogP contribution in [0.25, 0.3) is 0 Å². The highest BCUT2D eigenvalue weighted by Crippen LogP contribution is 2.24. The second-order valence-electron chi connectivity index (χ2n) is 10.1. The van der Waals surface area contributed by atoms with E-state index in [-0.39, 0.29) is 16.8 Å². The lowest BCUT2D eigenvalue weighted by Crippen LogP contribution is -2.53. The first-order chi connectivity index (χ1) is 16.8. The number of piperidine rings is 1. The van der Waals surface area contributed by atoms with Gasteiger partial charge in [-0.2, -0.15) is 0 Å². The third-order valence-corrected chi connectivity index (χ3v) is 8.23. The SMILES string of the molecule is CCCCCCCCCCC[C@@H]1CCN[C@H](C(=O)N[C@@H](CO)[C@@H](O)c2ccc(S(C)(=O)=O)cc2)C1. The zero-order chi connectivity index (χ0) is 25.7. The van der Waals surface area contributed by atoms with Gasteiger partial charge >= 0.3 is 0 Å². The molecule has 0 bridgehead atoms. The summed E-state index contributed by atoms with van der Waals surface area (Å²) in [6.45, 7) is 2.61. The monoisotopic (exact) mass is 510 g/mol. The van der Waals surface area contributed by atoms with Crippen molar-refractivity contribution >= 4 is 15.7 Å². The number of benzene rings is 1. The second-order valence-corrected chi connectivity index (χ2v) is 12.1. The molecule has 4 N–H and O–H groups in total. The number of aliphatic hydroxyl groups excluding tert-OH is 2. The average Bonchev–Trinajstić information content (AvgIpc) is 2.85. The Balaban J connectivity index is 1.75. The molecule has 1 amide bonds. The molecule has 0 radical (unpaired) electrons. The first-order valence-corrected chi connectivity index (χ1v) is 15.3. The Kier molecular flexibility index (Phi) is 13.3. The smallest absolute Gasteiger partial charge is 0.237 e. The molecule has 7 nitrogen and oxygen atoms in total. The third kappa shape index (κ3) is 10.6. The molecule has 1 heterocycles. The number of amides is 1. The van der Waals surface area contributed by atoms with Crippen LogP contribution in [0.5, 0.6) is 0 Å². The van der Waals surface area contributed by atoms with E-state index in [1.54, 1.807) is 0 Å². The van der Waals surface area contributed by atoms with Gasteiger partial charge in [-0.25, -0.2) is 8.42 Å². The Morgan fingerprint density at radius 3 is 2.23 bits per heavy atom. The van der Waals surface area contributed by atoms with Crippen molar-refractivity contribution in [3.63, 3.8) is 0 Å². The molecule has 1 aromatic carbocycles. The molecule has 0 saturated carbocycles. The Morgan fingerprint density at radius 2 is 1.66 bits per heavy atom. The zero-order valence-electron chi connectivity index (χ0n) is 21.5. The van der Waals surface area contributed by atoms with Gasteiger partial charge in [0.25, 0.3) is 0 Å². The third-order valence-electron chi connectivity index (χ3n) is 7.10. The molecule has 1 aliphatic rings. The van der Waals surface area contributed by atoms with E-state index in [4.69, 9.17) is 0 Å². The maximum absolute atomic E-state index is 12.9. The van der Waals surface area contributed by atoms with Gasteiger partial charge in [-0.3, -0.25) is 4.79 Å². The zero-order valence-corrected chi connectivity index (χ0v) is 22.4. The van der Waals surface area contributed by atoms with E-state index in [1.807, 2.05) is 0 Å². The number of hydrogen-bond acceptors (Lipinski definition) is 6. The van der Waals surface area contributed by atoms with Crippen LogP contribution in [0.4, 0.5) is 0 Å². The van der Waals surface area contributed by atoms with Crippen LogP contribution in [0.2, 0.25) is 0 Å². The molecule has 0 unspecified atom stereocenters. The number of carbonyl (C=O) groups excluding carboxylic acids is 1. The molecule has 4 atom stereocenters. The lowest BCUT2D eigenvalue weighted by atomic mass is 9.87. The summed E-state index contributed by atoms with van der Waals surface area (Å²) in [6, 6.07) is 4.66. The summed E-state index contributed by atoms with van der Waals surface area (Å²) in [5.41, 5.74) is 0.441. The highest BCUT2D eigenvalue weighted by atomic mass is 32.2. The first-order valence-electron chi connectivity index (χ1n) is 13.4. The van der Waals surface area contributed by atoms with Crippen molar-refractivity contribution in [2.45, 2.75) is 107 Å². The molecule has 0 aliphatic carbocycles. The van der Waals surface area contributed by atoms with Gasteiger partial charge in [0.2, 0.25) is 5.91 Å². The van der Waals surface area contributed by atoms with Gasteiger partial charge in [-0.1, -0.05) is 83.3 Å². The van der Waals surface area contributed by atoms with Crippen LogP contribution < -0.4 is 10.6 Å². The molecule has 1 aliphatic heterocycles. The van der Waals surface area contributed by atoms with Crippen LogP contribution in [-0.2, 0) is 14.6 Å². The highest BCUT2D eigenvalue weighted by Gasteiger charge is 2.30. The Labute approximate surface area is 212 Å². The maximum Gasteiger partial charge on any atom is 0.237 e. The van der Waals surface area contributed by atoms with E-state index in [1.165, 1.54) is 82.1 Å². The Hall–Kier alpha value is -1.48. The predicted octanol–water partition coefficient (Wildman–Crippen LogP) is 3.89. The summed E-state index contributed by atoms with van der Waals surface area (Å²) < 4.78 is 23.3. The number of unbranched alkanes of at least 4 members (excludes halogenated alkanes) is 8. The number of carbonyl (C=O) groups is 1. The summed E-state index contributed by atoms with van der Waals surface area (Å²) in [5, 5.41) is 26.5. The van der Waals surface area contributed by atoms with Gasteiger partial charge in [-0.15, -0.1) is 0 Å². The molecule has 200 valence electrons. The molecule has 0 aromatic heterocycles. The van der Waals surface area contributed by atoms with Gasteiger partial charge in [0.1, 0.15) is 6.10 Å². The van der Waals surface area contributed by atoms with E-state index >= 15 is 0 Å². The Bertz CT molecular complexity index is 844. The number of hydrogen-bond donors (Lipinski definition) is 4. The molecule has 1 fully saturated rings. The lowest BCUT2D eigenvalue weighted by Gasteiger charge is -2.31. The number of aliphatic hydroxyl groups is 2. The van der Waals surface area contributed by atoms with Gasteiger partial charge in [0, 0.05) is 6.26 Å². The second kappa shape index (κ2) is 15.6. The molecule has 2 rings (SSSR count).